The smallest absolute Gasteiger partial charge is 0.257 e. The molecule has 0 saturated carbocycles. The summed E-state index contributed by atoms with van der Waals surface area (Å²) in [5.74, 6) is -2.58. The molecule has 1 aromatic carbocycles. The van der Waals surface area contributed by atoms with Gasteiger partial charge in [0, 0.05) is 18.7 Å². The van der Waals surface area contributed by atoms with Crippen molar-refractivity contribution < 1.29 is 13.6 Å². The molecule has 1 fully saturated rings. The number of hydrogen-bond donors (Lipinski definition) is 0. The van der Waals surface area contributed by atoms with Crippen molar-refractivity contribution in [2.24, 2.45) is 0 Å². The second-order valence-corrected chi connectivity index (χ2v) is 5.30. The summed E-state index contributed by atoms with van der Waals surface area (Å²) in [6.07, 6.45) is 2.86. The number of piperidine rings is 1. The maximum Gasteiger partial charge on any atom is 0.257 e. The van der Waals surface area contributed by atoms with E-state index in [1.807, 2.05) is 0 Å². The second-order valence-electron chi connectivity index (χ2n) is 4.92. The molecule has 1 aliphatic heterocycles. The van der Waals surface area contributed by atoms with Crippen LogP contribution in [0.4, 0.5) is 8.78 Å². The molecular weight excluding hydrogens is 272 g/mol. The maximum absolute atomic E-state index is 14.0. The molecule has 1 heterocycles. The maximum atomic E-state index is 14.0. The lowest BCUT2D eigenvalue weighted by molar-refractivity contribution is 0.0717. The topological polar surface area (TPSA) is 20.3 Å². The minimum atomic E-state index is -1.09. The Kier molecular flexibility index (Phi) is 4.09. The van der Waals surface area contributed by atoms with Crippen molar-refractivity contribution in [3.8, 4) is 0 Å². The number of likely N-dealkylation sites (tertiary alicyclic amines) is 1. The van der Waals surface area contributed by atoms with Gasteiger partial charge in [0.25, 0.3) is 5.91 Å². The zero-order valence-electron chi connectivity index (χ0n) is 11.0. The number of carbonyl (C=O) groups is 1. The molecular formula is C14H16ClF2NO. The zero-order chi connectivity index (χ0) is 14.2. The first-order chi connectivity index (χ1) is 8.95. The molecule has 0 unspecified atom stereocenters. The van der Waals surface area contributed by atoms with Crippen molar-refractivity contribution in [3.05, 3.63) is 33.3 Å². The van der Waals surface area contributed by atoms with Crippen LogP contribution in [0, 0.1) is 25.5 Å². The summed E-state index contributed by atoms with van der Waals surface area (Å²) >= 11 is 5.97. The van der Waals surface area contributed by atoms with Gasteiger partial charge in [-0.3, -0.25) is 4.79 Å². The fourth-order valence-corrected chi connectivity index (χ4v) is 2.61. The van der Waals surface area contributed by atoms with Crippen LogP contribution in [0.15, 0.2) is 0 Å². The first kappa shape index (κ1) is 14.3. The van der Waals surface area contributed by atoms with Crippen molar-refractivity contribution in [3.63, 3.8) is 0 Å². The average molecular weight is 288 g/mol. The van der Waals surface area contributed by atoms with E-state index in [2.05, 4.69) is 0 Å². The van der Waals surface area contributed by atoms with Crippen molar-refractivity contribution in [1.29, 1.82) is 0 Å². The van der Waals surface area contributed by atoms with Gasteiger partial charge in [-0.25, -0.2) is 8.78 Å². The van der Waals surface area contributed by atoms with E-state index >= 15 is 0 Å². The summed E-state index contributed by atoms with van der Waals surface area (Å²) in [5.41, 5.74) is 0.135. The molecule has 2 nitrogen and oxygen atoms in total. The Labute approximate surface area is 116 Å². The normalized spacial score (nSPS) is 15.7. The van der Waals surface area contributed by atoms with E-state index in [1.165, 1.54) is 6.92 Å². The van der Waals surface area contributed by atoms with Gasteiger partial charge < -0.3 is 4.90 Å². The summed E-state index contributed by atoms with van der Waals surface area (Å²) in [7, 11) is 0. The van der Waals surface area contributed by atoms with Crippen molar-refractivity contribution in [2.45, 2.75) is 33.1 Å². The van der Waals surface area contributed by atoms with E-state index in [0.29, 0.717) is 18.7 Å². The first-order valence-electron chi connectivity index (χ1n) is 6.38. The van der Waals surface area contributed by atoms with Gasteiger partial charge in [0.05, 0.1) is 10.6 Å². The van der Waals surface area contributed by atoms with Gasteiger partial charge in [-0.1, -0.05) is 11.6 Å². The monoisotopic (exact) mass is 287 g/mol. The third kappa shape index (κ3) is 2.46. The van der Waals surface area contributed by atoms with Gasteiger partial charge in [0.15, 0.2) is 11.6 Å². The number of benzene rings is 1. The number of carbonyl (C=O) groups excluding carboxylic acids is 1. The number of hydrogen-bond acceptors (Lipinski definition) is 1. The highest BCUT2D eigenvalue weighted by molar-refractivity contribution is 6.32. The van der Waals surface area contributed by atoms with Crippen LogP contribution >= 0.6 is 11.6 Å². The van der Waals surface area contributed by atoms with Gasteiger partial charge in [0.1, 0.15) is 0 Å². The SMILES string of the molecule is Cc1c(F)c(F)c(C(=O)N2CCCCC2)c(C)c1Cl. The van der Waals surface area contributed by atoms with Gasteiger partial charge in [-0.2, -0.15) is 0 Å². The van der Waals surface area contributed by atoms with E-state index in [4.69, 9.17) is 11.6 Å². The van der Waals surface area contributed by atoms with Crippen LogP contribution in [0.3, 0.4) is 0 Å². The quantitative estimate of drug-likeness (QED) is 0.718. The molecule has 5 heteroatoms. The lowest BCUT2D eigenvalue weighted by Crippen LogP contribution is -2.36. The Hall–Kier alpha value is -1.16. The molecule has 1 amide bonds. The van der Waals surface area contributed by atoms with Gasteiger partial charge >= 0.3 is 0 Å². The molecule has 0 aromatic heterocycles. The Bertz CT molecular complexity index is 496. The molecule has 0 aliphatic carbocycles. The Morgan fingerprint density at radius 1 is 1.05 bits per heavy atom. The Morgan fingerprint density at radius 3 is 2.21 bits per heavy atom. The molecule has 2 rings (SSSR count). The minimum absolute atomic E-state index is 0.0480. The van der Waals surface area contributed by atoms with E-state index in [-0.39, 0.29) is 16.1 Å². The summed E-state index contributed by atoms with van der Waals surface area (Å²) in [5, 5.41) is 0.124. The minimum Gasteiger partial charge on any atom is -0.339 e. The van der Waals surface area contributed by atoms with E-state index < -0.39 is 17.5 Å². The molecule has 0 atom stereocenters. The highest BCUT2D eigenvalue weighted by Crippen LogP contribution is 2.30. The summed E-state index contributed by atoms with van der Waals surface area (Å²) in [6, 6.07) is 0. The number of nitrogens with zero attached hydrogens (tertiary/aromatic N) is 1. The standard InChI is InChI=1S/C14H16ClF2NO/c1-8-10(13(17)12(16)9(2)11(8)15)14(19)18-6-4-3-5-7-18/h3-7H2,1-2H3. The van der Waals surface area contributed by atoms with E-state index in [9.17, 15) is 13.6 Å². The van der Waals surface area contributed by atoms with Crippen molar-refractivity contribution >= 4 is 17.5 Å². The van der Waals surface area contributed by atoms with Gasteiger partial charge in [-0.05, 0) is 38.7 Å². The molecule has 0 spiro atoms. The van der Waals surface area contributed by atoms with Crippen LogP contribution in [-0.4, -0.2) is 23.9 Å². The van der Waals surface area contributed by atoms with Gasteiger partial charge in [-0.15, -0.1) is 0 Å². The Balaban J connectivity index is 2.47. The van der Waals surface area contributed by atoms with Crippen LogP contribution in [0.1, 0.15) is 40.7 Å². The largest absolute Gasteiger partial charge is 0.339 e. The molecule has 0 N–H and O–H groups in total. The van der Waals surface area contributed by atoms with E-state index in [1.54, 1.807) is 11.8 Å². The second kappa shape index (κ2) is 5.45. The predicted molar refractivity (Wildman–Crippen MR) is 70.6 cm³/mol. The number of rotatable bonds is 1. The third-order valence-electron chi connectivity index (χ3n) is 3.63. The highest BCUT2D eigenvalue weighted by atomic mass is 35.5. The summed E-state index contributed by atoms with van der Waals surface area (Å²) in [4.78, 5) is 13.9. The highest BCUT2D eigenvalue weighted by Gasteiger charge is 2.27. The number of amides is 1. The van der Waals surface area contributed by atoms with Crippen molar-refractivity contribution in [2.75, 3.05) is 13.1 Å². The third-order valence-corrected chi connectivity index (χ3v) is 4.20. The van der Waals surface area contributed by atoms with E-state index in [0.717, 1.165) is 19.3 Å². The molecule has 0 bridgehead atoms. The summed E-state index contributed by atoms with van der Waals surface area (Å²) in [6.45, 7) is 4.13. The number of halogens is 3. The van der Waals surface area contributed by atoms with Crippen LogP contribution in [0.5, 0.6) is 0 Å². The van der Waals surface area contributed by atoms with Gasteiger partial charge in [0.2, 0.25) is 0 Å². The lowest BCUT2D eigenvalue weighted by Gasteiger charge is -2.27. The first-order valence-corrected chi connectivity index (χ1v) is 6.76. The predicted octanol–water partition coefficient (Wildman–Crippen LogP) is 3.86. The van der Waals surface area contributed by atoms with Crippen LogP contribution in [0.25, 0.3) is 0 Å². The van der Waals surface area contributed by atoms with Crippen LogP contribution < -0.4 is 0 Å². The summed E-state index contributed by atoms with van der Waals surface area (Å²) < 4.78 is 27.8. The molecule has 104 valence electrons. The zero-order valence-corrected chi connectivity index (χ0v) is 11.8. The van der Waals surface area contributed by atoms with Crippen LogP contribution in [-0.2, 0) is 0 Å². The lowest BCUT2D eigenvalue weighted by atomic mass is 10.0. The Morgan fingerprint density at radius 2 is 1.63 bits per heavy atom. The van der Waals surface area contributed by atoms with Crippen LogP contribution in [0.2, 0.25) is 5.02 Å². The molecule has 1 aliphatic rings. The molecule has 19 heavy (non-hydrogen) atoms. The van der Waals surface area contributed by atoms with Crippen molar-refractivity contribution in [1.82, 2.24) is 4.90 Å². The fourth-order valence-electron chi connectivity index (χ4n) is 2.44. The average Bonchev–Trinajstić information content (AvgIpc) is 2.44. The molecule has 1 saturated heterocycles. The molecule has 1 aromatic rings. The molecule has 0 radical (unpaired) electrons. The fraction of sp³-hybridized carbons (Fsp3) is 0.500.